The number of likely N-dealkylation sites (tertiary alicyclic amines) is 1. The first-order chi connectivity index (χ1) is 13.6. The van der Waals surface area contributed by atoms with Gasteiger partial charge in [0.2, 0.25) is 0 Å². The first kappa shape index (κ1) is 18.6. The summed E-state index contributed by atoms with van der Waals surface area (Å²) in [6.07, 6.45) is 1.74. The molecule has 0 bridgehead atoms. The summed E-state index contributed by atoms with van der Waals surface area (Å²) in [5, 5.41) is 16.8. The zero-order valence-electron chi connectivity index (χ0n) is 15.6. The SMILES string of the molecule is Cc1ccnc(-c2ccc(NC(=O)N3C[C@@H](CO)[C@H](c4ccsc4)C3)cc2)n1. The third kappa shape index (κ3) is 3.90. The smallest absolute Gasteiger partial charge is 0.321 e. The number of carbonyl (C=O) groups is 1. The van der Waals surface area contributed by atoms with Crippen LogP contribution in [-0.2, 0) is 0 Å². The molecule has 1 fully saturated rings. The highest BCUT2D eigenvalue weighted by Gasteiger charge is 2.35. The molecule has 7 heteroatoms. The van der Waals surface area contributed by atoms with Crippen molar-refractivity contribution in [3.05, 3.63) is 64.6 Å². The standard InChI is InChI=1S/C21H22N4O2S/c1-14-6-8-22-20(23-14)15-2-4-18(5-3-15)24-21(27)25-10-17(12-26)19(11-25)16-7-9-28-13-16/h2-9,13,17,19,26H,10-12H2,1H3,(H,24,27)/t17-,19-/m0/s1. The number of carbonyl (C=O) groups excluding carboxylic acids is 1. The normalized spacial score (nSPS) is 19.0. The van der Waals surface area contributed by atoms with Crippen LogP contribution in [-0.4, -0.2) is 45.7 Å². The number of hydrogen-bond donors (Lipinski definition) is 2. The van der Waals surface area contributed by atoms with Crippen LogP contribution in [0.1, 0.15) is 17.2 Å². The fraction of sp³-hybridized carbons (Fsp3) is 0.286. The van der Waals surface area contributed by atoms with E-state index in [-0.39, 0.29) is 24.5 Å². The molecule has 0 spiro atoms. The second-order valence-electron chi connectivity index (χ2n) is 7.04. The predicted octanol–water partition coefficient (Wildman–Crippen LogP) is 3.75. The van der Waals surface area contributed by atoms with Gasteiger partial charge in [-0.05, 0) is 59.6 Å². The third-order valence-electron chi connectivity index (χ3n) is 5.12. The van der Waals surface area contributed by atoms with Crippen LogP contribution in [0.4, 0.5) is 10.5 Å². The molecule has 6 nitrogen and oxygen atoms in total. The number of amides is 2. The van der Waals surface area contributed by atoms with E-state index in [1.54, 1.807) is 22.4 Å². The van der Waals surface area contributed by atoms with Crippen molar-refractivity contribution in [1.82, 2.24) is 14.9 Å². The Morgan fingerprint density at radius 2 is 2.07 bits per heavy atom. The fourth-order valence-corrected chi connectivity index (χ4v) is 4.30. The van der Waals surface area contributed by atoms with Crippen LogP contribution >= 0.6 is 11.3 Å². The molecule has 1 saturated heterocycles. The molecule has 1 aliphatic heterocycles. The van der Waals surface area contributed by atoms with Gasteiger partial charge in [-0.1, -0.05) is 0 Å². The van der Waals surface area contributed by atoms with Crippen LogP contribution < -0.4 is 5.32 Å². The molecule has 0 aliphatic carbocycles. The number of aryl methyl sites for hydroxylation is 1. The molecule has 28 heavy (non-hydrogen) atoms. The van der Waals surface area contributed by atoms with Gasteiger partial charge in [-0.3, -0.25) is 0 Å². The molecule has 2 amide bonds. The first-order valence-electron chi connectivity index (χ1n) is 9.23. The Labute approximate surface area is 167 Å². The summed E-state index contributed by atoms with van der Waals surface area (Å²) in [5.41, 5.74) is 3.73. The molecule has 0 radical (unpaired) electrons. The number of aliphatic hydroxyl groups is 1. The maximum Gasteiger partial charge on any atom is 0.321 e. The second-order valence-corrected chi connectivity index (χ2v) is 7.82. The Balaban J connectivity index is 1.42. The Morgan fingerprint density at radius 1 is 1.25 bits per heavy atom. The van der Waals surface area contributed by atoms with Crippen molar-refractivity contribution in [2.45, 2.75) is 12.8 Å². The highest BCUT2D eigenvalue weighted by Crippen LogP contribution is 2.33. The van der Waals surface area contributed by atoms with E-state index in [0.717, 1.165) is 16.9 Å². The number of thiophene rings is 1. The summed E-state index contributed by atoms with van der Waals surface area (Å²) in [7, 11) is 0. The quantitative estimate of drug-likeness (QED) is 0.706. The van der Waals surface area contributed by atoms with E-state index in [1.807, 2.05) is 42.6 Å². The number of rotatable bonds is 4. The number of urea groups is 1. The summed E-state index contributed by atoms with van der Waals surface area (Å²) in [5.74, 6) is 0.922. The molecule has 2 atom stereocenters. The van der Waals surface area contributed by atoms with Gasteiger partial charge in [0.25, 0.3) is 0 Å². The minimum absolute atomic E-state index is 0.0706. The minimum Gasteiger partial charge on any atom is -0.396 e. The largest absolute Gasteiger partial charge is 0.396 e. The molecule has 3 aromatic rings. The number of benzene rings is 1. The molecular formula is C21H22N4O2S. The van der Waals surface area contributed by atoms with Gasteiger partial charge in [-0.25, -0.2) is 14.8 Å². The Hall–Kier alpha value is -2.77. The molecule has 2 N–H and O–H groups in total. The monoisotopic (exact) mass is 394 g/mol. The Morgan fingerprint density at radius 3 is 2.75 bits per heavy atom. The van der Waals surface area contributed by atoms with Crippen molar-refractivity contribution in [2.24, 2.45) is 5.92 Å². The Bertz CT molecular complexity index is 943. The highest BCUT2D eigenvalue weighted by atomic mass is 32.1. The summed E-state index contributed by atoms with van der Waals surface area (Å²) >= 11 is 1.64. The molecule has 0 saturated carbocycles. The van der Waals surface area contributed by atoms with E-state index >= 15 is 0 Å². The second kappa shape index (κ2) is 8.08. The van der Waals surface area contributed by atoms with Crippen molar-refractivity contribution in [1.29, 1.82) is 0 Å². The molecular weight excluding hydrogens is 372 g/mol. The van der Waals surface area contributed by atoms with Gasteiger partial charge in [0, 0.05) is 54.7 Å². The first-order valence-corrected chi connectivity index (χ1v) is 10.2. The zero-order valence-corrected chi connectivity index (χ0v) is 16.4. The Kier molecular flexibility index (Phi) is 5.36. The zero-order chi connectivity index (χ0) is 19.5. The van der Waals surface area contributed by atoms with Crippen LogP contribution in [0.3, 0.4) is 0 Å². The van der Waals surface area contributed by atoms with Crippen LogP contribution in [0, 0.1) is 12.8 Å². The molecule has 3 heterocycles. The molecule has 2 aromatic heterocycles. The predicted molar refractivity (Wildman–Crippen MR) is 110 cm³/mol. The van der Waals surface area contributed by atoms with Crippen molar-refractivity contribution >= 4 is 23.1 Å². The van der Waals surface area contributed by atoms with E-state index in [4.69, 9.17) is 0 Å². The number of anilines is 1. The van der Waals surface area contributed by atoms with Crippen LogP contribution in [0.2, 0.25) is 0 Å². The van der Waals surface area contributed by atoms with E-state index < -0.39 is 0 Å². The van der Waals surface area contributed by atoms with Crippen molar-refractivity contribution in [2.75, 3.05) is 25.0 Å². The van der Waals surface area contributed by atoms with Gasteiger partial charge < -0.3 is 15.3 Å². The lowest BCUT2D eigenvalue weighted by Gasteiger charge is -2.17. The van der Waals surface area contributed by atoms with E-state index in [0.29, 0.717) is 18.9 Å². The molecule has 0 unspecified atom stereocenters. The number of nitrogens with zero attached hydrogens (tertiary/aromatic N) is 3. The summed E-state index contributed by atoms with van der Waals surface area (Å²) in [4.78, 5) is 23.2. The van der Waals surface area contributed by atoms with Gasteiger partial charge in [0.1, 0.15) is 0 Å². The maximum atomic E-state index is 12.7. The molecule has 4 rings (SSSR count). The fourth-order valence-electron chi connectivity index (χ4n) is 3.58. The van der Waals surface area contributed by atoms with E-state index in [9.17, 15) is 9.90 Å². The molecule has 1 aliphatic rings. The summed E-state index contributed by atoms with van der Waals surface area (Å²) in [6.45, 7) is 3.18. The topological polar surface area (TPSA) is 78.4 Å². The third-order valence-corrected chi connectivity index (χ3v) is 5.82. The molecule has 144 valence electrons. The van der Waals surface area contributed by atoms with Gasteiger partial charge in [-0.15, -0.1) is 0 Å². The average molecular weight is 395 g/mol. The number of aromatic nitrogens is 2. The van der Waals surface area contributed by atoms with Gasteiger partial charge in [-0.2, -0.15) is 11.3 Å². The van der Waals surface area contributed by atoms with Gasteiger partial charge in [0.05, 0.1) is 0 Å². The molecule has 1 aromatic carbocycles. The number of aliphatic hydroxyl groups excluding tert-OH is 1. The lowest BCUT2D eigenvalue weighted by atomic mass is 9.92. The number of nitrogens with one attached hydrogen (secondary N) is 1. The van der Waals surface area contributed by atoms with E-state index in [2.05, 4.69) is 26.7 Å². The van der Waals surface area contributed by atoms with E-state index in [1.165, 1.54) is 5.56 Å². The minimum atomic E-state index is -0.143. The number of hydrogen-bond acceptors (Lipinski definition) is 5. The van der Waals surface area contributed by atoms with Crippen molar-refractivity contribution in [3.8, 4) is 11.4 Å². The summed E-state index contributed by atoms with van der Waals surface area (Å²) in [6, 6.07) is 11.3. The van der Waals surface area contributed by atoms with Crippen molar-refractivity contribution < 1.29 is 9.90 Å². The average Bonchev–Trinajstić information content (AvgIpc) is 3.38. The van der Waals surface area contributed by atoms with Gasteiger partial charge >= 0.3 is 6.03 Å². The van der Waals surface area contributed by atoms with Gasteiger partial charge in [0.15, 0.2) is 5.82 Å². The lowest BCUT2D eigenvalue weighted by Crippen LogP contribution is -2.33. The maximum absolute atomic E-state index is 12.7. The van der Waals surface area contributed by atoms with Crippen LogP contribution in [0.25, 0.3) is 11.4 Å². The lowest BCUT2D eigenvalue weighted by molar-refractivity contribution is 0.207. The van der Waals surface area contributed by atoms with Crippen molar-refractivity contribution in [3.63, 3.8) is 0 Å². The highest BCUT2D eigenvalue weighted by molar-refractivity contribution is 7.08. The van der Waals surface area contributed by atoms with Crippen LogP contribution in [0.5, 0.6) is 0 Å². The summed E-state index contributed by atoms with van der Waals surface area (Å²) < 4.78 is 0. The van der Waals surface area contributed by atoms with Crippen LogP contribution in [0.15, 0.2) is 53.4 Å².